The Morgan fingerprint density at radius 1 is 1.48 bits per heavy atom. The minimum absolute atomic E-state index is 0.00710. The van der Waals surface area contributed by atoms with Gasteiger partial charge < -0.3 is 14.4 Å². The van der Waals surface area contributed by atoms with Gasteiger partial charge in [0.25, 0.3) is 0 Å². The van der Waals surface area contributed by atoms with Gasteiger partial charge in [0.15, 0.2) is 10.8 Å². The van der Waals surface area contributed by atoms with E-state index in [2.05, 4.69) is 17.0 Å². The summed E-state index contributed by atoms with van der Waals surface area (Å²) in [5, 5.41) is 14.1. The largest absolute Gasteiger partial charge is 0.481 e. The fraction of sp³-hybridized carbons (Fsp3) is 0.615. The molecule has 0 aliphatic rings. The van der Waals surface area contributed by atoms with E-state index in [1.54, 1.807) is 7.11 Å². The maximum atomic E-state index is 10.8. The Morgan fingerprint density at radius 2 is 2.24 bits per heavy atom. The third kappa shape index (κ3) is 3.38. The van der Waals surface area contributed by atoms with E-state index in [4.69, 9.17) is 9.84 Å². The number of rotatable bonds is 8. The molecule has 8 heteroatoms. The summed E-state index contributed by atoms with van der Waals surface area (Å²) in [5.74, 6) is -0.857. The van der Waals surface area contributed by atoms with Gasteiger partial charge in [-0.25, -0.2) is 4.98 Å². The minimum Gasteiger partial charge on any atom is -0.481 e. The van der Waals surface area contributed by atoms with Crippen molar-refractivity contribution in [3.63, 3.8) is 0 Å². The third-order valence-corrected chi connectivity index (χ3v) is 4.05. The number of hydrogen-bond acceptors (Lipinski definition) is 5. The molecule has 0 saturated heterocycles. The minimum atomic E-state index is -0.850. The van der Waals surface area contributed by atoms with Crippen LogP contribution >= 0.6 is 11.8 Å². The van der Waals surface area contributed by atoms with Gasteiger partial charge in [-0.2, -0.15) is 5.10 Å². The molecular formula is C13H20N4O3S. The molecule has 2 aromatic rings. The predicted molar refractivity (Wildman–Crippen MR) is 80.7 cm³/mol. The second kappa shape index (κ2) is 6.95. The van der Waals surface area contributed by atoms with Crippen molar-refractivity contribution in [2.75, 3.05) is 19.5 Å². The molecule has 2 rings (SSSR count). The van der Waals surface area contributed by atoms with Crippen molar-refractivity contribution in [3.8, 4) is 0 Å². The van der Waals surface area contributed by atoms with Gasteiger partial charge in [0, 0.05) is 14.2 Å². The van der Waals surface area contributed by atoms with Crippen molar-refractivity contribution < 1.29 is 14.6 Å². The normalized spacial score (nSPS) is 11.4. The summed E-state index contributed by atoms with van der Waals surface area (Å²) in [5.41, 5.74) is 2.75. The van der Waals surface area contributed by atoms with Gasteiger partial charge in [0.2, 0.25) is 0 Å². The van der Waals surface area contributed by atoms with Crippen molar-refractivity contribution in [2.24, 2.45) is 7.05 Å². The van der Waals surface area contributed by atoms with Crippen molar-refractivity contribution in [1.82, 2.24) is 19.3 Å². The van der Waals surface area contributed by atoms with E-state index >= 15 is 0 Å². The summed E-state index contributed by atoms with van der Waals surface area (Å²) in [6.07, 6.45) is 1.86. The lowest BCUT2D eigenvalue weighted by Gasteiger charge is -2.07. The number of aliphatic carboxylic acids is 1. The highest BCUT2D eigenvalue weighted by Crippen LogP contribution is 2.26. The van der Waals surface area contributed by atoms with Gasteiger partial charge in [-0.1, -0.05) is 25.1 Å². The molecule has 0 fully saturated rings. The Morgan fingerprint density at radius 3 is 2.86 bits per heavy atom. The first-order chi connectivity index (χ1) is 10.1. The smallest absolute Gasteiger partial charge is 0.313 e. The van der Waals surface area contributed by atoms with Gasteiger partial charge in [0.05, 0.1) is 24.6 Å². The quantitative estimate of drug-likeness (QED) is 0.745. The number of carboxylic acid groups (broad SMARTS) is 1. The summed E-state index contributed by atoms with van der Waals surface area (Å²) in [6, 6.07) is 0. The lowest BCUT2D eigenvalue weighted by atomic mass is 10.2. The Kier molecular flexibility index (Phi) is 5.24. The molecule has 0 radical (unpaired) electrons. The third-order valence-electron chi connectivity index (χ3n) is 3.09. The lowest BCUT2D eigenvalue weighted by molar-refractivity contribution is -0.133. The standard InChI is InChI=1S/C13H20N4O3S/c1-4-5-9-11-12(16(2)15-9)17(6-7-20-3)13(14-11)21-8-10(18)19/h4-8H2,1-3H3,(H,18,19). The molecule has 0 spiro atoms. The number of methoxy groups -OCH3 is 1. The van der Waals surface area contributed by atoms with Crippen LogP contribution < -0.4 is 0 Å². The van der Waals surface area contributed by atoms with E-state index in [-0.39, 0.29) is 5.75 Å². The Hall–Kier alpha value is -1.54. The zero-order valence-corrected chi connectivity index (χ0v) is 13.3. The SMILES string of the molecule is CCCc1nn(C)c2c1nc(SCC(=O)O)n2CCOC. The fourth-order valence-corrected chi connectivity index (χ4v) is 2.99. The molecule has 2 heterocycles. The van der Waals surface area contributed by atoms with Gasteiger partial charge in [0.1, 0.15) is 5.52 Å². The van der Waals surface area contributed by atoms with Gasteiger partial charge in [-0.15, -0.1) is 0 Å². The molecule has 0 amide bonds. The number of aryl methyl sites for hydroxylation is 2. The maximum Gasteiger partial charge on any atom is 0.313 e. The average molecular weight is 312 g/mol. The van der Waals surface area contributed by atoms with E-state index in [1.807, 2.05) is 16.3 Å². The molecule has 0 bridgehead atoms. The molecule has 0 aliphatic heterocycles. The van der Waals surface area contributed by atoms with E-state index in [0.29, 0.717) is 18.3 Å². The molecular weight excluding hydrogens is 292 g/mol. The molecule has 1 N–H and O–H groups in total. The first kappa shape index (κ1) is 15.8. The average Bonchev–Trinajstić information content (AvgIpc) is 2.94. The molecule has 7 nitrogen and oxygen atoms in total. The second-order valence-electron chi connectivity index (χ2n) is 4.71. The highest BCUT2D eigenvalue weighted by Gasteiger charge is 2.19. The monoisotopic (exact) mass is 312 g/mol. The number of carboxylic acids is 1. The van der Waals surface area contributed by atoms with Gasteiger partial charge in [-0.05, 0) is 6.42 Å². The molecule has 0 unspecified atom stereocenters. The summed E-state index contributed by atoms with van der Waals surface area (Å²) in [7, 11) is 3.53. The molecule has 21 heavy (non-hydrogen) atoms. The summed E-state index contributed by atoms with van der Waals surface area (Å²) in [6.45, 7) is 3.27. The van der Waals surface area contributed by atoms with Crippen LogP contribution in [0, 0.1) is 0 Å². The van der Waals surface area contributed by atoms with Crippen LogP contribution in [0.4, 0.5) is 0 Å². The molecule has 0 atom stereocenters. The van der Waals surface area contributed by atoms with Crippen molar-refractivity contribution >= 4 is 28.9 Å². The van der Waals surface area contributed by atoms with Crippen molar-refractivity contribution in [2.45, 2.75) is 31.5 Å². The van der Waals surface area contributed by atoms with Gasteiger partial charge in [-0.3, -0.25) is 9.48 Å². The Labute approximate surface area is 127 Å². The van der Waals surface area contributed by atoms with Gasteiger partial charge >= 0.3 is 5.97 Å². The zero-order chi connectivity index (χ0) is 15.4. The molecule has 2 aromatic heterocycles. The summed E-state index contributed by atoms with van der Waals surface area (Å²) < 4.78 is 8.93. The number of imidazole rings is 1. The maximum absolute atomic E-state index is 10.8. The Balaban J connectivity index is 2.44. The highest BCUT2D eigenvalue weighted by atomic mass is 32.2. The van der Waals surface area contributed by atoms with Crippen molar-refractivity contribution in [3.05, 3.63) is 5.69 Å². The van der Waals surface area contributed by atoms with Crippen LogP contribution in [0.15, 0.2) is 5.16 Å². The van der Waals surface area contributed by atoms with Crippen LogP contribution in [0.3, 0.4) is 0 Å². The Bertz CT molecular complexity index is 635. The number of nitrogens with zero attached hydrogens (tertiary/aromatic N) is 4. The topological polar surface area (TPSA) is 82.2 Å². The molecule has 0 aromatic carbocycles. The first-order valence-corrected chi connectivity index (χ1v) is 7.82. The molecule has 116 valence electrons. The van der Waals surface area contributed by atoms with Crippen LogP contribution in [0.2, 0.25) is 0 Å². The molecule has 0 aliphatic carbocycles. The number of ether oxygens (including phenoxy) is 1. The van der Waals surface area contributed by atoms with E-state index in [1.165, 1.54) is 11.8 Å². The number of thioether (sulfide) groups is 1. The number of fused-ring (bicyclic) bond motifs is 1. The second-order valence-corrected chi connectivity index (χ2v) is 5.66. The van der Waals surface area contributed by atoms with Crippen LogP contribution in [0.5, 0.6) is 0 Å². The van der Waals surface area contributed by atoms with E-state index in [9.17, 15) is 4.79 Å². The lowest BCUT2D eigenvalue weighted by Crippen LogP contribution is -2.09. The van der Waals surface area contributed by atoms with Crippen LogP contribution in [-0.2, 0) is 29.5 Å². The van der Waals surface area contributed by atoms with Crippen LogP contribution in [-0.4, -0.2) is 49.9 Å². The van der Waals surface area contributed by atoms with Crippen LogP contribution in [0.25, 0.3) is 11.2 Å². The first-order valence-electron chi connectivity index (χ1n) is 6.84. The summed E-state index contributed by atoms with van der Waals surface area (Å²) in [4.78, 5) is 15.4. The number of aromatic nitrogens is 4. The molecule has 0 saturated carbocycles. The van der Waals surface area contributed by atoms with E-state index < -0.39 is 5.97 Å². The fourth-order valence-electron chi connectivity index (χ4n) is 2.25. The van der Waals surface area contributed by atoms with Crippen LogP contribution in [0.1, 0.15) is 19.0 Å². The van der Waals surface area contributed by atoms with E-state index in [0.717, 1.165) is 29.7 Å². The zero-order valence-electron chi connectivity index (χ0n) is 12.5. The summed E-state index contributed by atoms with van der Waals surface area (Å²) >= 11 is 1.23. The number of hydrogen-bond donors (Lipinski definition) is 1. The van der Waals surface area contributed by atoms with Crippen molar-refractivity contribution in [1.29, 1.82) is 0 Å². The highest BCUT2D eigenvalue weighted by molar-refractivity contribution is 7.99. The number of carbonyl (C=O) groups is 1. The predicted octanol–water partition coefficient (Wildman–Crippen LogP) is 1.55.